The minimum atomic E-state index is -0.984. The standard InChI is InChI=1S/C20H14O5/c1-24-19(22)16-11-12-17(15-10-6-5-9-14(15)16)25-20(23)18(21)13-7-3-2-4-8-13/h2-12H,1H3. The van der Waals surface area contributed by atoms with Crippen molar-refractivity contribution in [3.8, 4) is 5.75 Å². The van der Waals surface area contributed by atoms with E-state index in [-0.39, 0.29) is 11.3 Å². The Labute approximate surface area is 143 Å². The largest absolute Gasteiger partial charge is 0.465 e. The van der Waals surface area contributed by atoms with Crippen LogP contribution >= 0.6 is 0 Å². The molecule has 0 aliphatic rings. The van der Waals surface area contributed by atoms with E-state index in [0.717, 1.165) is 0 Å². The lowest BCUT2D eigenvalue weighted by atomic mass is 10.0. The third-order valence-electron chi connectivity index (χ3n) is 3.71. The van der Waals surface area contributed by atoms with Crippen LogP contribution in [-0.4, -0.2) is 24.8 Å². The van der Waals surface area contributed by atoms with Gasteiger partial charge in [-0.1, -0.05) is 54.6 Å². The van der Waals surface area contributed by atoms with Crippen molar-refractivity contribution in [2.45, 2.75) is 0 Å². The fraction of sp³-hybridized carbons (Fsp3) is 0.0500. The predicted molar refractivity (Wildman–Crippen MR) is 91.7 cm³/mol. The zero-order chi connectivity index (χ0) is 17.8. The van der Waals surface area contributed by atoms with Crippen molar-refractivity contribution < 1.29 is 23.9 Å². The minimum absolute atomic E-state index is 0.206. The third kappa shape index (κ3) is 3.26. The molecule has 0 radical (unpaired) electrons. The van der Waals surface area contributed by atoms with Crippen molar-refractivity contribution in [1.82, 2.24) is 0 Å². The summed E-state index contributed by atoms with van der Waals surface area (Å²) in [5, 5.41) is 1.12. The Kier molecular flexibility index (Phi) is 4.57. The number of Topliss-reactive ketones (excluding diaryl/α,β-unsaturated/α-hetero) is 1. The number of carbonyl (C=O) groups is 3. The number of benzene rings is 3. The molecule has 3 aromatic rings. The Morgan fingerprint density at radius 2 is 1.40 bits per heavy atom. The van der Waals surface area contributed by atoms with E-state index in [2.05, 4.69) is 0 Å². The van der Waals surface area contributed by atoms with Crippen LogP contribution in [0.1, 0.15) is 20.7 Å². The summed E-state index contributed by atoms with van der Waals surface area (Å²) >= 11 is 0. The van der Waals surface area contributed by atoms with Gasteiger partial charge in [-0.2, -0.15) is 0 Å². The Hall–Kier alpha value is -3.47. The maximum atomic E-state index is 12.2. The molecule has 0 saturated heterocycles. The van der Waals surface area contributed by atoms with Gasteiger partial charge in [0, 0.05) is 10.9 Å². The molecule has 0 atom stereocenters. The Morgan fingerprint density at radius 3 is 2.08 bits per heavy atom. The van der Waals surface area contributed by atoms with Gasteiger partial charge in [-0.25, -0.2) is 9.59 Å². The van der Waals surface area contributed by atoms with Gasteiger partial charge in [0.1, 0.15) is 5.75 Å². The van der Waals surface area contributed by atoms with E-state index in [4.69, 9.17) is 9.47 Å². The molecular weight excluding hydrogens is 320 g/mol. The third-order valence-corrected chi connectivity index (χ3v) is 3.71. The normalized spacial score (nSPS) is 10.3. The number of ether oxygens (including phenoxy) is 2. The summed E-state index contributed by atoms with van der Waals surface area (Å²) in [5.41, 5.74) is 0.607. The van der Waals surface area contributed by atoms with Gasteiger partial charge in [0.15, 0.2) is 0 Å². The summed E-state index contributed by atoms with van der Waals surface area (Å²) < 4.78 is 10.0. The number of methoxy groups -OCH3 is 1. The Morgan fingerprint density at radius 1 is 0.760 bits per heavy atom. The highest BCUT2D eigenvalue weighted by Crippen LogP contribution is 2.29. The zero-order valence-electron chi connectivity index (χ0n) is 13.4. The van der Waals surface area contributed by atoms with E-state index in [1.165, 1.54) is 19.2 Å². The number of rotatable bonds is 4. The molecule has 0 bridgehead atoms. The summed E-state index contributed by atoms with van der Waals surface area (Å²) in [7, 11) is 1.30. The Bertz CT molecular complexity index is 960. The van der Waals surface area contributed by atoms with Crippen molar-refractivity contribution in [2.24, 2.45) is 0 Å². The molecule has 0 N–H and O–H groups in total. The number of carbonyl (C=O) groups excluding carboxylic acids is 3. The van der Waals surface area contributed by atoms with Crippen molar-refractivity contribution in [3.63, 3.8) is 0 Å². The van der Waals surface area contributed by atoms with Crippen LogP contribution in [0.2, 0.25) is 0 Å². The second-order valence-corrected chi connectivity index (χ2v) is 5.23. The van der Waals surface area contributed by atoms with Gasteiger partial charge >= 0.3 is 11.9 Å². The summed E-state index contributed by atoms with van der Waals surface area (Å²) in [6, 6.07) is 18.1. The van der Waals surface area contributed by atoms with Crippen LogP contribution < -0.4 is 4.74 Å². The molecule has 0 aliphatic heterocycles. The number of fused-ring (bicyclic) bond motifs is 1. The molecule has 0 aliphatic carbocycles. The van der Waals surface area contributed by atoms with Crippen molar-refractivity contribution in [3.05, 3.63) is 77.9 Å². The summed E-state index contributed by atoms with van der Waals surface area (Å²) in [6.07, 6.45) is 0. The lowest BCUT2D eigenvalue weighted by Crippen LogP contribution is -2.20. The fourth-order valence-electron chi connectivity index (χ4n) is 2.50. The molecule has 0 spiro atoms. The van der Waals surface area contributed by atoms with E-state index in [0.29, 0.717) is 16.3 Å². The van der Waals surface area contributed by atoms with Gasteiger partial charge in [-0.15, -0.1) is 0 Å². The highest BCUT2D eigenvalue weighted by atomic mass is 16.5. The molecule has 5 heteroatoms. The summed E-state index contributed by atoms with van der Waals surface area (Å²) in [4.78, 5) is 36.2. The molecule has 0 heterocycles. The quantitative estimate of drug-likeness (QED) is 0.316. The average molecular weight is 334 g/mol. The minimum Gasteiger partial charge on any atom is -0.465 e. The van der Waals surface area contributed by atoms with Gasteiger partial charge in [0.2, 0.25) is 0 Å². The highest BCUT2D eigenvalue weighted by Gasteiger charge is 2.20. The first-order valence-electron chi connectivity index (χ1n) is 7.53. The molecule has 0 aromatic heterocycles. The van der Waals surface area contributed by atoms with Crippen LogP contribution in [0.3, 0.4) is 0 Å². The molecule has 0 fully saturated rings. The maximum Gasteiger partial charge on any atom is 0.385 e. The molecule has 0 unspecified atom stereocenters. The van der Waals surface area contributed by atoms with Gasteiger partial charge in [0.05, 0.1) is 12.7 Å². The van der Waals surface area contributed by atoms with Gasteiger partial charge < -0.3 is 9.47 Å². The lowest BCUT2D eigenvalue weighted by Gasteiger charge is -2.10. The molecule has 3 rings (SSSR count). The van der Waals surface area contributed by atoms with Crippen LogP contribution in [0, 0.1) is 0 Å². The zero-order valence-corrected chi connectivity index (χ0v) is 13.4. The van der Waals surface area contributed by atoms with E-state index in [1.54, 1.807) is 54.6 Å². The van der Waals surface area contributed by atoms with Crippen LogP contribution in [0.15, 0.2) is 66.7 Å². The van der Waals surface area contributed by atoms with Crippen molar-refractivity contribution in [1.29, 1.82) is 0 Å². The second kappa shape index (κ2) is 6.97. The first-order chi connectivity index (χ1) is 12.1. The molecular formula is C20H14O5. The number of ketones is 1. The van der Waals surface area contributed by atoms with Gasteiger partial charge in [-0.3, -0.25) is 4.79 Å². The van der Waals surface area contributed by atoms with E-state index < -0.39 is 17.7 Å². The van der Waals surface area contributed by atoms with Gasteiger partial charge in [-0.05, 0) is 17.5 Å². The van der Waals surface area contributed by atoms with Crippen molar-refractivity contribution >= 4 is 28.5 Å². The summed E-state index contributed by atoms with van der Waals surface area (Å²) in [6.45, 7) is 0. The first-order valence-corrected chi connectivity index (χ1v) is 7.53. The molecule has 0 saturated carbocycles. The van der Waals surface area contributed by atoms with Crippen LogP contribution in [0.4, 0.5) is 0 Å². The van der Waals surface area contributed by atoms with Crippen molar-refractivity contribution in [2.75, 3.05) is 7.11 Å². The highest BCUT2D eigenvalue weighted by molar-refractivity contribution is 6.41. The second-order valence-electron chi connectivity index (χ2n) is 5.23. The monoisotopic (exact) mass is 334 g/mol. The number of hydrogen-bond acceptors (Lipinski definition) is 5. The Balaban J connectivity index is 1.96. The number of esters is 2. The number of hydrogen-bond donors (Lipinski definition) is 0. The van der Waals surface area contributed by atoms with E-state index in [9.17, 15) is 14.4 Å². The first kappa shape index (κ1) is 16.4. The van der Waals surface area contributed by atoms with E-state index in [1.807, 2.05) is 0 Å². The molecule has 0 amide bonds. The molecule has 3 aromatic carbocycles. The smallest absolute Gasteiger partial charge is 0.385 e. The maximum absolute atomic E-state index is 12.2. The predicted octanol–water partition coefficient (Wildman–Crippen LogP) is 3.41. The average Bonchev–Trinajstić information content (AvgIpc) is 2.67. The molecule has 5 nitrogen and oxygen atoms in total. The summed E-state index contributed by atoms with van der Waals surface area (Å²) in [5.74, 6) is -2.00. The fourth-order valence-corrected chi connectivity index (χ4v) is 2.50. The van der Waals surface area contributed by atoms with Crippen LogP contribution in [0.5, 0.6) is 5.75 Å². The van der Waals surface area contributed by atoms with Crippen LogP contribution in [0.25, 0.3) is 10.8 Å². The molecule has 124 valence electrons. The van der Waals surface area contributed by atoms with Gasteiger partial charge in [0.25, 0.3) is 5.78 Å². The van der Waals surface area contributed by atoms with Crippen LogP contribution in [-0.2, 0) is 9.53 Å². The SMILES string of the molecule is COC(=O)c1ccc(OC(=O)C(=O)c2ccccc2)c2ccccc12. The topological polar surface area (TPSA) is 69.7 Å². The molecule has 25 heavy (non-hydrogen) atoms. The van der Waals surface area contributed by atoms with E-state index >= 15 is 0 Å². The lowest BCUT2D eigenvalue weighted by molar-refractivity contribution is -0.129.